The van der Waals surface area contributed by atoms with Crippen molar-refractivity contribution < 1.29 is 9.53 Å². The molecule has 152 valence electrons. The van der Waals surface area contributed by atoms with E-state index in [-0.39, 0.29) is 5.91 Å². The van der Waals surface area contributed by atoms with E-state index in [9.17, 15) is 4.79 Å². The average Bonchev–Trinajstić information content (AvgIpc) is 3.34. The number of ether oxygens (including phenoxy) is 1. The maximum atomic E-state index is 12.9. The normalized spacial score (nSPS) is 13.2. The van der Waals surface area contributed by atoms with E-state index < -0.39 is 0 Å². The van der Waals surface area contributed by atoms with Crippen molar-refractivity contribution in [2.75, 3.05) is 12.4 Å². The molecule has 0 aliphatic heterocycles. The Morgan fingerprint density at radius 3 is 2.67 bits per heavy atom. The van der Waals surface area contributed by atoms with Gasteiger partial charge in [0, 0.05) is 10.4 Å². The van der Waals surface area contributed by atoms with E-state index in [2.05, 4.69) is 17.4 Å². The molecule has 5 rings (SSSR count). The molecule has 0 fully saturated rings. The van der Waals surface area contributed by atoms with Gasteiger partial charge in [-0.05, 0) is 61.1 Å². The number of aryl methyl sites for hydroxylation is 1. The minimum Gasteiger partial charge on any atom is -0.497 e. The first kappa shape index (κ1) is 19.3. The second-order valence-electron chi connectivity index (χ2n) is 7.47. The van der Waals surface area contributed by atoms with Crippen LogP contribution >= 0.6 is 22.7 Å². The molecule has 0 unspecified atom stereocenters. The van der Waals surface area contributed by atoms with Gasteiger partial charge in [0.1, 0.15) is 15.8 Å². The van der Waals surface area contributed by atoms with Gasteiger partial charge in [0.05, 0.1) is 23.7 Å². The molecule has 0 bridgehead atoms. The van der Waals surface area contributed by atoms with Crippen molar-refractivity contribution in [3.05, 3.63) is 64.5 Å². The van der Waals surface area contributed by atoms with Gasteiger partial charge in [0.25, 0.3) is 0 Å². The zero-order valence-electron chi connectivity index (χ0n) is 16.7. The number of aromatic nitrogens is 1. The smallest absolute Gasteiger partial charge is 0.229 e. The Hall–Kier alpha value is -2.70. The third-order valence-electron chi connectivity index (χ3n) is 5.46. The van der Waals surface area contributed by atoms with Crippen LogP contribution in [0, 0.1) is 0 Å². The van der Waals surface area contributed by atoms with Crippen LogP contribution < -0.4 is 10.1 Å². The fraction of sp³-hybridized carbons (Fsp3) is 0.250. The molecule has 30 heavy (non-hydrogen) atoms. The first-order valence-corrected chi connectivity index (χ1v) is 11.8. The van der Waals surface area contributed by atoms with Gasteiger partial charge in [0.2, 0.25) is 5.91 Å². The third-order valence-corrected chi connectivity index (χ3v) is 7.72. The van der Waals surface area contributed by atoms with E-state index in [0.29, 0.717) is 6.42 Å². The fourth-order valence-corrected chi connectivity index (χ4v) is 6.37. The molecule has 2 heterocycles. The number of carbonyl (C=O) groups excluding carboxylic acids is 1. The highest BCUT2D eigenvalue weighted by Crippen LogP contribution is 2.46. The molecule has 4 aromatic rings. The first-order chi connectivity index (χ1) is 14.7. The molecule has 1 aliphatic carbocycles. The number of methoxy groups -OCH3 is 1. The molecule has 0 atom stereocenters. The lowest BCUT2D eigenvalue weighted by molar-refractivity contribution is -0.115. The van der Waals surface area contributed by atoms with Gasteiger partial charge in [-0.25, -0.2) is 4.98 Å². The van der Waals surface area contributed by atoms with E-state index in [1.165, 1.54) is 28.0 Å². The summed E-state index contributed by atoms with van der Waals surface area (Å²) in [6.07, 6.45) is 4.90. The Bertz CT molecular complexity index is 1170. The Balaban J connectivity index is 1.46. The van der Waals surface area contributed by atoms with Crippen LogP contribution in [-0.2, 0) is 24.1 Å². The topological polar surface area (TPSA) is 51.2 Å². The number of benzene rings is 2. The van der Waals surface area contributed by atoms with Gasteiger partial charge >= 0.3 is 0 Å². The Kier molecular flexibility index (Phi) is 5.27. The number of nitrogens with one attached hydrogen (secondary N) is 1. The number of hydrogen-bond donors (Lipinski definition) is 1. The van der Waals surface area contributed by atoms with Gasteiger partial charge in [-0.1, -0.05) is 24.3 Å². The van der Waals surface area contributed by atoms with Crippen molar-refractivity contribution in [2.24, 2.45) is 0 Å². The molecule has 1 N–H and O–H groups in total. The van der Waals surface area contributed by atoms with Crippen LogP contribution in [0.25, 0.3) is 20.8 Å². The Morgan fingerprint density at radius 1 is 1.07 bits per heavy atom. The molecular formula is C24H22N2O2S2. The summed E-state index contributed by atoms with van der Waals surface area (Å²) in [5, 5.41) is 5.16. The highest BCUT2D eigenvalue weighted by molar-refractivity contribution is 7.22. The summed E-state index contributed by atoms with van der Waals surface area (Å²) in [6.45, 7) is 0. The molecule has 0 radical (unpaired) electrons. The standard InChI is InChI=1S/C24H22N2O2S2/c1-28-16-12-10-15(11-13-16)14-21(27)26-24-22(17-6-2-4-8-19(17)29-24)23-25-18-7-3-5-9-20(18)30-23/h3,5,7,9-13H,2,4,6,8,14H2,1H3,(H,26,27). The molecule has 6 heteroatoms. The van der Waals surface area contributed by atoms with Gasteiger partial charge < -0.3 is 10.1 Å². The number of nitrogens with zero attached hydrogens (tertiary/aromatic N) is 1. The lowest BCUT2D eigenvalue weighted by Gasteiger charge is -2.11. The number of carbonyl (C=O) groups is 1. The number of thiazole rings is 1. The van der Waals surface area contributed by atoms with Crippen molar-refractivity contribution >= 4 is 43.8 Å². The third kappa shape index (κ3) is 3.73. The van der Waals surface area contributed by atoms with Crippen molar-refractivity contribution in [1.29, 1.82) is 0 Å². The molecule has 0 saturated carbocycles. The van der Waals surface area contributed by atoms with Crippen LogP contribution in [0.3, 0.4) is 0 Å². The zero-order valence-corrected chi connectivity index (χ0v) is 18.4. The predicted octanol–water partition coefficient (Wildman–Crippen LogP) is 6.09. The van der Waals surface area contributed by atoms with Gasteiger partial charge in [-0.3, -0.25) is 4.79 Å². The van der Waals surface area contributed by atoms with E-state index >= 15 is 0 Å². The summed E-state index contributed by atoms with van der Waals surface area (Å²) in [7, 11) is 1.64. The second-order valence-corrected chi connectivity index (χ2v) is 9.61. The Morgan fingerprint density at radius 2 is 1.87 bits per heavy atom. The number of amides is 1. The van der Waals surface area contributed by atoms with E-state index in [4.69, 9.17) is 9.72 Å². The van der Waals surface area contributed by atoms with Crippen molar-refractivity contribution in [2.45, 2.75) is 32.1 Å². The highest BCUT2D eigenvalue weighted by atomic mass is 32.1. The number of para-hydroxylation sites is 1. The van der Waals surface area contributed by atoms with Crippen LogP contribution in [-0.4, -0.2) is 18.0 Å². The molecule has 0 spiro atoms. The molecule has 0 saturated heterocycles. The van der Waals surface area contributed by atoms with Crippen LogP contribution in [0.1, 0.15) is 28.8 Å². The Labute approximate surface area is 183 Å². The number of fused-ring (bicyclic) bond motifs is 2. The quantitative estimate of drug-likeness (QED) is 0.413. The number of hydrogen-bond acceptors (Lipinski definition) is 5. The largest absolute Gasteiger partial charge is 0.497 e. The minimum absolute atomic E-state index is 0.00104. The summed E-state index contributed by atoms with van der Waals surface area (Å²) in [5.41, 5.74) is 4.50. The van der Waals surface area contributed by atoms with Gasteiger partial charge in [0.15, 0.2) is 0 Å². The summed E-state index contributed by atoms with van der Waals surface area (Å²) < 4.78 is 6.38. The van der Waals surface area contributed by atoms with E-state index in [0.717, 1.165) is 45.2 Å². The molecule has 2 aromatic heterocycles. The molecular weight excluding hydrogens is 412 g/mol. The minimum atomic E-state index is 0.00104. The first-order valence-electron chi connectivity index (χ1n) is 10.1. The average molecular weight is 435 g/mol. The SMILES string of the molecule is COc1ccc(CC(=O)Nc2sc3c(c2-c2nc4ccccc4s2)CCCC3)cc1. The number of anilines is 1. The maximum absolute atomic E-state index is 12.9. The van der Waals surface area contributed by atoms with Gasteiger partial charge in [-0.15, -0.1) is 22.7 Å². The van der Waals surface area contributed by atoms with Crippen LogP contribution in [0.4, 0.5) is 5.00 Å². The summed E-state index contributed by atoms with van der Waals surface area (Å²) in [4.78, 5) is 19.1. The van der Waals surface area contributed by atoms with Crippen LogP contribution in [0.15, 0.2) is 48.5 Å². The summed E-state index contributed by atoms with van der Waals surface area (Å²) >= 11 is 3.43. The summed E-state index contributed by atoms with van der Waals surface area (Å²) in [5.74, 6) is 0.796. The van der Waals surface area contributed by atoms with E-state index in [1.807, 2.05) is 36.4 Å². The van der Waals surface area contributed by atoms with Crippen molar-refractivity contribution in [3.63, 3.8) is 0 Å². The predicted molar refractivity (Wildman–Crippen MR) is 125 cm³/mol. The molecule has 1 aliphatic rings. The van der Waals surface area contributed by atoms with E-state index in [1.54, 1.807) is 29.8 Å². The summed E-state index contributed by atoms with van der Waals surface area (Å²) in [6, 6.07) is 15.9. The van der Waals surface area contributed by atoms with Crippen LogP contribution in [0.5, 0.6) is 5.75 Å². The number of thiophene rings is 1. The molecule has 1 amide bonds. The van der Waals surface area contributed by atoms with Crippen molar-refractivity contribution in [1.82, 2.24) is 4.98 Å². The monoisotopic (exact) mass is 434 g/mol. The molecule has 2 aromatic carbocycles. The lowest BCUT2D eigenvalue weighted by atomic mass is 9.95. The zero-order chi connectivity index (χ0) is 20.5. The lowest BCUT2D eigenvalue weighted by Crippen LogP contribution is -2.14. The highest BCUT2D eigenvalue weighted by Gasteiger charge is 2.25. The second kappa shape index (κ2) is 8.20. The fourth-order valence-electron chi connectivity index (χ4n) is 3.96. The maximum Gasteiger partial charge on any atom is 0.229 e. The van der Waals surface area contributed by atoms with Crippen molar-refractivity contribution in [3.8, 4) is 16.3 Å². The van der Waals surface area contributed by atoms with Crippen LogP contribution in [0.2, 0.25) is 0 Å². The van der Waals surface area contributed by atoms with Gasteiger partial charge in [-0.2, -0.15) is 0 Å². The number of rotatable bonds is 5. The molecule has 4 nitrogen and oxygen atoms in total.